The Hall–Kier alpha value is -1.74. The topological polar surface area (TPSA) is 48.1 Å². The number of nitrogen functional groups attached to an aromatic ring is 1. The highest BCUT2D eigenvalue weighted by Gasteiger charge is 2.10. The zero-order valence-electron chi connectivity index (χ0n) is 9.48. The maximum atomic E-state index is 5.92. The number of nitrogens with two attached hydrogens (primary N) is 1. The molecule has 2 aromatic rings. The van der Waals surface area contributed by atoms with E-state index >= 15 is 0 Å². The molecule has 2 N–H and O–H groups in total. The first-order chi connectivity index (χ1) is 8.22. The lowest BCUT2D eigenvalue weighted by Crippen LogP contribution is -1.98. The van der Waals surface area contributed by atoms with Gasteiger partial charge >= 0.3 is 0 Å². The van der Waals surface area contributed by atoms with Crippen molar-refractivity contribution in [2.24, 2.45) is 0 Å². The number of hydrogen-bond acceptors (Lipinski definition) is 3. The number of aromatic nitrogens is 1. The second-order valence-electron chi connectivity index (χ2n) is 3.52. The number of benzene rings is 1. The third kappa shape index (κ3) is 2.50. The Labute approximate surface area is 105 Å². The van der Waals surface area contributed by atoms with Crippen molar-refractivity contribution in [3.8, 4) is 17.0 Å². The smallest absolute Gasteiger partial charge is 0.128 e. The van der Waals surface area contributed by atoms with Crippen LogP contribution in [0.25, 0.3) is 11.3 Å². The van der Waals surface area contributed by atoms with Crippen LogP contribution in [-0.4, -0.2) is 11.6 Å². The predicted molar refractivity (Wildman–Crippen MR) is 70.3 cm³/mol. The van der Waals surface area contributed by atoms with Gasteiger partial charge in [-0.15, -0.1) is 0 Å². The number of halogens is 1. The molecule has 1 heterocycles. The predicted octanol–water partition coefficient (Wildman–Crippen LogP) is 3.38. The van der Waals surface area contributed by atoms with Gasteiger partial charge in [-0.1, -0.05) is 23.7 Å². The Morgan fingerprint density at radius 3 is 2.82 bits per heavy atom. The van der Waals surface area contributed by atoms with Crippen LogP contribution < -0.4 is 10.5 Å². The first kappa shape index (κ1) is 11.7. The molecule has 4 heteroatoms. The summed E-state index contributed by atoms with van der Waals surface area (Å²) in [6, 6.07) is 9.35. The van der Waals surface area contributed by atoms with Crippen molar-refractivity contribution in [3.05, 3.63) is 41.6 Å². The third-order valence-electron chi connectivity index (χ3n) is 2.33. The number of hydrogen-bond donors (Lipinski definition) is 1. The molecule has 0 aliphatic carbocycles. The number of anilines is 1. The SMILES string of the molecule is CCOc1ccccc1-c1ncc(Cl)cc1N. The van der Waals surface area contributed by atoms with Crippen molar-refractivity contribution in [3.63, 3.8) is 0 Å². The summed E-state index contributed by atoms with van der Waals surface area (Å²) in [5.41, 5.74) is 8.03. The standard InChI is InChI=1S/C13H13ClN2O/c1-2-17-12-6-4-3-5-10(12)13-11(15)7-9(14)8-16-13/h3-8H,2,15H2,1H3. The van der Waals surface area contributed by atoms with Crippen molar-refractivity contribution < 1.29 is 4.74 Å². The van der Waals surface area contributed by atoms with Crippen LogP contribution in [0.3, 0.4) is 0 Å². The molecular formula is C13H13ClN2O. The van der Waals surface area contributed by atoms with Crippen molar-refractivity contribution >= 4 is 17.3 Å². The minimum atomic E-state index is 0.528. The first-order valence-corrected chi connectivity index (χ1v) is 5.73. The highest BCUT2D eigenvalue weighted by molar-refractivity contribution is 6.30. The van der Waals surface area contributed by atoms with Crippen molar-refractivity contribution in [2.45, 2.75) is 6.92 Å². The molecule has 0 amide bonds. The summed E-state index contributed by atoms with van der Waals surface area (Å²) in [6.07, 6.45) is 1.58. The van der Waals surface area contributed by atoms with E-state index in [1.165, 1.54) is 0 Å². The lowest BCUT2D eigenvalue weighted by Gasteiger charge is -2.11. The fourth-order valence-corrected chi connectivity index (χ4v) is 1.79. The molecular weight excluding hydrogens is 236 g/mol. The lowest BCUT2D eigenvalue weighted by molar-refractivity contribution is 0.341. The summed E-state index contributed by atoms with van der Waals surface area (Å²) < 4.78 is 5.55. The van der Waals surface area contributed by atoms with Gasteiger partial charge in [0.25, 0.3) is 0 Å². The molecule has 0 fully saturated rings. The average molecular weight is 249 g/mol. The molecule has 3 nitrogen and oxygen atoms in total. The van der Waals surface area contributed by atoms with E-state index < -0.39 is 0 Å². The van der Waals surface area contributed by atoms with Crippen molar-refractivity contribution in [1.82, 2.24) is 4.98 Å². The van der Waals surface area contributed by atoms with Gasteiger partial charge in [0, 0.05) is 11.8 Å². The quantitative estimate of drug-likeness (QED) is 0.906. The third-order valence-corrected chi connectivity index (χ3v) is 2.53. The molecule has 0 aliphatic rings. The summed E-state index contributed by atoms with van der Waals surface area (Å²) in [6.45, 7) is 2.54. The van der Waals surface area contributed by atoms with E-state index in [2.05, 4.69) is 4.98 Å². The van der Waals surface area contributed by atoms with Crippen molar-refractivity contribution in [2.75, 3.05) is 12.3 Å². The Bertz CT molecular complexity index is 529. The highest BCUT2D eigenvalue weighted by Crippen LogP contribution is 2.32. The van der Waals surface area contributed by atoms with Gasteiger partial charge < -0.3 is 10.5 Å². The zero-order valence-corrected chi connectivity index (χ0v) is 10.2. The van der Waals surface area contributed by atoms with E-state index in [1.807, 2.05) is 31.2 Å². The number of nitrogens with zero attached hydrogens (tertiary/aromatic N) is 1. The van der Waals surface area contributed by atoms with Gasteiger partial charge in [0.15, 0.2) is 0 Å². The minimum Gasteiger partial charge on any atom is -0.493 e. The lowest BCUT2D eigenvalue weighted by atomic mass is 10.1. The van der Waals surface area contributed by atoms with Gasteiger partial charge in [-0.3, -0.25) is 4.98 Å². The Kier molecular flexibility index (Phi) is 3.49. The van der Waals surface area contributed by atoms with Gasteiger partial charge in [-0.05, 0) is 25.1 Å². The van der Waals surface area contributed by atoms with E-state index in [4.69, 9.17) is 22.1 Å². The molecule has 0 bridgehead atoms. The summed E-state index contributed by atoms with van der Waals surface area (Å²) >= 11 is 5.83. The molecule has 0 spiro atoms. The summed E-state index contributed by atoms with van der Waals surface area (Å²) in [5.74, 6) is 0.775. The number of pyridine rings is 1. The van der Waals surface area contributed by atoms with Crippen LogP contribution in [0, 0.1) is 0 Å². The molecule has 0 atom stereocenters. The molecule has 0 radical (unpaired) electrons. The molecule has 1 aromatic carbocycles. The van der Waals surface area contributed by atoms with Crippen molar-refractivity contribution in [1.29, 1.82) is 0 Å². The first-order valence-electron chi connectivity index (χ1n) is 5.35. The van der Waals surface area contributed by atoms with E-state index in [9.17, 15) is 0 Å². The molecule has 0 saturated heterocycles. The van der Waals surface area contributed by atoms with Crippen LogP contribution in [0.4, 0.5) is 5.69 Å². The fourth-order valence-electron chi connectivity index (χ4n) is 1.62. The maximum absolute atomic E-state index is 5.92. The molecule has 2 rings (SSSR count). The van der Waals surface area contributed by atoms with Crippen LogP contribution in [0.1, 0.15) is 6.92 Å². The van der Waals surface area contributed by atoms with Crippen LogP contribution in [0.5, 0.6) is 5.75 Å². The van der Waals surface area contributed by atoms with E-state index in [-0.39, 0.29) is 0 Å². The van der Waals surface area contributed by atoms with E-state index in [1.54, 1.807) is 12.3 Å². The number of rotatable bonds is 3. The van der Waals surface area contributed by atoms with E-state index in [0.29, 0.717) is 23.0 Å². The molecule has 0 aliphatic heterocycles. The van der Waals surface area contributed by atoms with Gasteiger partial charge in [0.2, 0.25) is 0 Å². The zero-order chi connectivity index (χ0) is 12.3. The monoisotopic (exact) mass is 248 g/mol. The van der Waals surface area contributed by atoms with Crippen LogP contribution in [-0.2, 0) is 0 Å². The number of para-hydroxylation sites is 1. The summed E-state index contributed by atoms with van der Waals surface area (Å²) in [4.78, 5) is 4.25. The Morgan fingerprint density at radius 1 is 1.35 bits per heavy atom. The average Bonchev–Trinajstić information content (AvgIpc) is 2.31. The van der Waals surface area contributed by atoms with Crippen LogP contribution in [0.2, 0.25) is 5.02 Å². The molecule has 88 valence electrons. The minimum absolute atomic E-state index is 0.528. The van der Waals surface area contributed by atoms with Crippen LogP contribution in [0.15, 0.2) is 36.5 Å². The van der Waals surface area contributed by atoms with Gasteiger partial charge in [-0.2, -0.15) is 0 Å². The maximum Gasteiger partial charge on any atom is 0.128 e. The Balaban J connectivity index is 2.52. The molecule has 0 saturated carbocycles. The molecule has 1 aromatic heterocycles. The second-order valence-corrected chi connectivity index (χ2v) is 3.96. The Morgan fingerprint density at radius 2 is 2.12 bits per heavy atom. The van der Waals surface area contributed by atoms with E-state index in [0.717, 1.165) is 11.3 Å². The van der Waals surface area contributed by atoms with Gasteiger partial charge in [0.1, 0.15) is 5.75 Å². The van der Waals surface area contributed by atoms with Gasteiger partial charge in [0.05, 0.1) is 23.0 Å². The molecule has 17 heavy (non-hydrogen) atoms. The highest BCUT2D eigenvalue weighted by atomic mass is 35.5. The summed E-state index contributed by atoms with van der Waals surface area (Å²) in [5, 5.41) is 0.528. The number of ether oxygens (including phenoxy) is 1. The van der Waals surface area contributed by atoms with Gasteiger partial charge in [-0.25, -0.2) is 0 Å². The normalized spacial score (nSPS) is 10.2. The largest absolute Gasteiger partial charge is 0.493 e. The fraction of sp³-hybridized carbons (Fsp3) is 0.154. The molecule has 0 unspecified atom stereocenters. The van der Waals surface area contributed by atoms with Crippen LogP contribution >= 0.6 is 11.6 Å². The second kappa shape index (κ2) is 5.06. The summed E-state index contributed by atoms with van der Waals surface area (Å²) in [7, 11) is 0.